The number of esters is 1. The van der Waals surface area contributed by atoms with Gasteiger partial charge in [-0.2, -0.15) is 4.98 Å². The number of nitrogens with one attached hydrogen (secondary N) is 1. The molecule has 0 saturated heterocycles. The SMILES string of the molecule is Cc1cc2nc3c(=O)[nH]c(=O)nc-3n(CCCCCCC(=O)OC(C)(C)C)c2cc1C1CC1. The smallest absolute Gasteiger partial charge is 0.349 e. The van der Waals surface area contributed by atoms with Gasteiger partial charge in [0, 0.05) is 13.0 Å². The molecule has 2 heterocycles. The Labute approximate surface area is 192 Å². The van der Waals surface area contributed by atoms with Crippen molar-refractivity contribution in [3.05, 3.63) is 44.1 Å². The van der Waals surface area contributed by atoms with Gasteiger partial charge in [0.05, 0.1) is 11.0 Å². The monoisotopic (exact) mass is 452 g/mol. The number of carbonyl (C=O) groups is 1. The molecule has 1 aliphatic carbocycles. The molecule has 1 saturated carbocycles. The number of rotatable bonds is 8. The van der Waals surface area contributed by atoms with E-state index in [4.69, 9.17) is 4.74 Å². The molecule has 3 aliphatic rings. The normalized spacial score (nSPS) is 14.2. The van der Waals surface area contributed by atoms with Gasteiger partial charge in [-0.1, -0.05) is 12.8 Å². The van der Waals surface area contributed by atoms with Gasteiger partial charge in [-0.15, -0.1) is 0 Å². The Hall–Kier alpha value is -3.03. The van der Waals surface area contributed by atoms with Crippen molar-refractivity contribution < 1.29 is 9.53 Å². The first-order chi connectivity index (χ1) is 15.6. The third-order valence-electron chi connectivity index (χ3n) is 5.95. The lowest BCUT2D eigenvalue weighted by molar-refractivity contribution is -0.154. The summed E-state index contributed by atoms with van der Waals surface area (Å²) in [4.78, 5) is 47.1. The molecule has 2 aliphatic heterocycles. The van der Waals surface area contributed by atoms with E-state index in [0.717, 1.165) is 36.7 Å². The number of hydrogen-bond donors (Lipinski definition) is 1. The van der Waals surface area contributed by atoms with E-state index in [0.29, 0.717) is 24.7 Å². The van der Waals surface area contributed by atoms with Gasteiger partial charge in [-0.05, 0) is 82.6 Å². The van der Waals surface area contributed by atoms with Crippen LogP contribution in [0.5, 0.6) is 0 Å². The molecule has 4 rings (SSSR count). The number of fused-ring (bicyclic) bond motifs is 2. The quantitative estimate of drug-likeness (QED) is 0.314. The predicted molar refractivity (Wildman–Crippen MR) is 127 cm³/mol. The number of ether oxygens (including phenoxy) is 1. The molecule has 0 aromatic heterocycles. The van der Waals surface area contributed by atoms with Crippen molar-refractivity contribution in [1.82, 2.24) is 19.5 Å². The Kier molecular flexibility index (Phi) is 6.36. The molecule has 0 atom stereocenters. The van der Waals surface area contributed by atoms with E-state index in [2.05, 4.69) is 27.9 Å². The van der Waals surface area contributed by atoms with Crippen LogP contribution in [0, 0.1) is 6.92 Å². The van der Waals surface area contributed by atoms with E-state index in [1.165, 1.54) is 24.0 Å². The van der Waals surface area contributed by atoms with Crippen molar-refractivity contribution in [2.24, 2.45) is 0 Å². The van der Waals surface area contributed by atoms with Crippen LogP contribution in [-0.2, 0) is 16.1 Å². The van der Waals surface area contributed by atoms with Crippen LogP contribution >= 0.6 is 0 Å². The third-order valence-corrected chi connectivity index (χ3v) is 5.95. The van der Waals surface area contributed by atoms with Crippen LogP contribution in [0.3, 0.4) is 0 Å². The number of unbranched alkanes of at least 4 members (excludes halogenated alkanes) is 3. The second kappa shape index (κ2) is 9.08. The minimum atomic E-state index is -0.658. The average Bonchev–Trinajstić information content (AvgIpc) is 3.54. The summed E-state index contributed by atoms with van der Waals surface area (Å²) in [7, 11) is 0. The summed E-state index contributed by atoms with van der Waals surface area (Å²) >= 11 is 0. The standard InChI is InChI=1S/C25H32N4O4/c1-15-13-18-19(14-17(15)16-10-11-16)29(22-21(26-18)23(31)28-24(32)27-22)12-8-6-5-7-9-20(30)33-25(2,3)4/h13-14,16H,5-12H2,1-4H3,(H,28,31,32). The molecule has 0 unspecified atom stereocenters. The van der Waals surface area contributed by atoms with Gasteiger partial charge in [0.1, 0.15) is 5.60 Å². The van der Waals surface area contributed by atoms with Gasteiger partial charge in [0.15, 0.2) is 11.5 Å². The zero-order chi connectivity index (χ0) is 23.8. The predicted octanol–water partition coefficient (Wildman–Crippen LogP) is 4.06. The lowest BCUT2D eigenvalue weighted by Gasteiger charge is -2.19. The van der Waals surface area contributed by atoms with E-state index in [1.807, 2.05) is 31.4 Å². The Morgan fingerprint density at radius 3 is 2.55 bits per heavy atom. The fraction of sp³-hybridized carbons (Fsp3) is 0.560. The second-order valence-electron chi connectivity index (χ2n) is 10.0. The first-order valence-electron chi connectivity index (χ1n) is 11.8. The van der Waals surface area contributed by atoms with Gasteiger partial charge in [0.2, 0.25) is 0 Å². The number of H-pyrrole nitrogens is 1. The number of nitrogens with zero attached hydrogens (tertiary/aromatic N) is 3. The van der Waals surface area contributed by atoms with Crippen LogP contribution in [-0.4, -0.2) is 31.1 Å². The van der Waals surface area contributed by atoms with Crippen molar-refractivity contribution >= 4 is 17.0 Å². The lowest BCUT2D eigenvalue weighted by atomic mass is 10.0. The molecule has 176 valence electrons. The maximum atomic E-state index is 12.4. The van der Waals surface area contributed by atoms with Crippen LogP contribution < -0.4 is 11.2 Å². The van der Waals surface area contributed by atoms with Crippen LogP contribution in [0.4, 0.5) is 0 Å². The molecular weight excluding hydrogens is 420 g/mol. The Morgan fingerprint density at radius 2 is 1.85 bits per heavy atom. The maximum Gasteiger partial charge on any atom is 0.349 e. The van der Waals surface area contributed by atoms with Crippen LogP contribution in [0.15, 0.2) is 21.7 Å². The van der Waals surface area contributed by atoms with Crippen molar-refractivity contribution in [2.45, 2.75) is 90.7 Å². The van der Waals surface area contributed by atoms with Crippen molar-refractivity contribution in [2.75, 3.05) is 0 Å². The minimum absolute atomic E-state index is 0.169. The van der Waals surface area contributed by atoms with Gasteiger partial charge < -0.3 is 9.30 Å². The van der Waals surface area contributed by atoms with Gasteiger partial charge in [-0.25, -0.2) is 9.78 Å². The highest BCUT2D eigenvalue weighted by molar-refractivity contribution is 5.81. The Morgan fingerprint density at radius 1 is 1.12 bits per heavy atom. The molecule has 8 heteroatoms. The molecule has 1 aromatic rings. The van der Waals surface area contributed by atoms with E-state index >= 15 is 0 Å². The van der Waals surface area contributed by atoms with E-state index in [-0.39, 0.29) is 11.7 Å². The number of carbonyl (C=O) groups excluding carboxylic acids is 1. The molecular formula is C25H32N4O4. The largest absolute Gasteiger partial charge is 0.460 e. The maximum absolute atomic E-state index is 12.4. The molecule has 1 aromatic carbocycles. The number of benzene rings is 1. The van der Waals surface area contributed by atoms with Gasteiger partial charge >= 0.3 is 11.7 Å². The van der Waals surface area contributed by atoms with E-state index < -0.39 is 16.9 Å². The number of aryl methyl sites for hydroxylation is 2. The molecule has 0 radical (unpaired) electrons. The molecule has 0 spiro atoms. The fourth-order valence-corrected chi connectivity index (χ4v) is 4.31. The topological polar surface area (TPSA) is 107 Å². The summed E-state index contributed by atoms with van der Waals surface area (Å²) in [5.41, 5.74) is 2.68. The Bertz CT molecular complexity index is 1260. The molecule has 1 N–H and O–H groups in total. The summed E-state index contributed by atoms with van der Waals surface area (Å²) in [5, 5.41) is 0. The highest BCUT2D eigenvalue weighted by Crippen LogP contribution is 2.42. The highest BCUT2D eigenvalue weighted by atomic mass is 16.6. The second-order valence-corrected chi connectivity index (χ2v) is 10.0. The Balaban J connectivity index is 1.54. The fourth-order valence-electron chi connectivity index (χ4n) is 4.31. The number of aromatic amines is 1. The lowest BCUT2D eigenvalue weighted by Crippen LogP contribution is -2.29. The first-order valence-corrected chi connectivity index (χ1v) is 11.8. The molecule has 33 heavy (non-hydrogen) atoms. The van der Waals surface area contributed by atoms with Crippen molar-refractivity contribution in [3.8, 4) is 11.5 Å². The molecule has 8 nitrogen and oxygen atoms in total. The molecule has 0 amide bonds. The van der Waals surface area contributed by atoms with Crippen molar-refractivity contribution in [3.63, 3.8) is 0 Å². The molecule has 1 fully saturated rings. The highest BCUT2D eigenvalue weighted by Gasteiger charge is 2.27. The van der Waals surface area contributed by atoms with Crippen LogP contribution in [0.25, 0.3) is 22.6 Å². The first kappa shape index (κ1) is 23.1. The average molecular weight is 453 g/mol. The summed E-state index contributed by atoms with van der Waals surface area (Å²) in [6, 6.07) is 4.19. The summed E-state index contributed by atoms with van der Waals surface area (Å²) < 4.78 is 7.32. The number of hydrogen-bond acceptors (Lipinski definition) is 6. The van der Waals surface area contributed by atoms with Gasteiger partial charge in [0.25, 0.3) is 5.56 Å². The number of aromatic nitrogens is 4. The summed E-state index contributed by atoms with van der Waals surface area (Å²) in [6.07, 6.45) is 6.20. The summed E-state index contributed by atoms with van der Waals surface area (Å²) in [5.74, 6) is 0.738. The van der Waals surface area contributed by atoms with Gasteiger partial charge in [-0.3, -0.25) is 14.6 Å². The summed E-state index contributed by atoms with van der Waals surface area (Å²) in [6.45, 7) is 8.30. The van der Waals surface area contributed by atoms with Crippen LogP contribution in [0.1, 0.15) is 82.8 Å². The van der Waals surface area contributed by atoms with E-state index in [9.17, 15) is 14.4 Å². The van der Waals surface area contributed by atoms with E-state index in [1.54, 1.807) is 0 Å². The van der Waals surface area contributed by atoms with Crippen molar-refractivity contribution in [1.29, 1.82) is 0 Å². The van der Waals surface area contributed by atoms with Crippen LogP contribution in [0.2, 0.25) is 0 Å². The zero-order valence-corrected chi connectivity index (χ0v) is 19.9. The minimum Gasteiger partial charge on any atom is -0.460 e. The molecule has 0 bridgehead atoms. The zero-order valence-electron chi connectivity index (χ0n) is 19.9. The third kappa shape index (κ3) is 5.49.